The van der Waals surface area contributed by atoms with Gasteiger partial charge in [-0.05, 0) is 136 Å². The van der Waals surface area contributed by atoms with Crippen molar-refractivity contribution in [1.29, 1.82) is 0 Å². The molecule has 19 heteroatoms. The maximum Gasteiger partial charge on any atom is 0.586 e. The van der Waals surface area contributed by atoms with Gasteiger partial charge in [0.1, 0.15) is 24.7 Å². The minimum atomic E-state index is -3.70. The van der Waals surface area contributed by atoms with E-state index in [2.05, 4.69) is 44.0 Å². The smallest absolute Gasteiger partial charge is 0.492 e. The third-order valence-corrected chi connectivity index (χ3v) is 12.6. The molecule has 4 N–H and O–H groups in total. The van der Waals surface area contributed by atoms with Crippen LogP contribution in [-0.4, -0.2) is 102 Å². The van der Waals surface area contributed by atoms with Crippen LogP contribution in [0, 0.1) is 11.8 Å². The van der Waals surface area contributed by atoms with Gasteiger partial charge in [-0.2, -0.15) is 0 Å². The molecule has 392 valence electrons. The van der Waals surface area contributed by atoms with Crippen LogP contribution in [0.25, 0.3) is 0 Å². The molecule has 15 nitrogen and oxygen atoms in total. The summed E-state index contributed by atoms with van der Waals surface area (Å²) < 4.78 is 82.0. The molecule has 6 heterocycles. The number of hydrogen-bond donors (Lipinski definition) is 3. The Balaban J connectivity index is 0.000000177. The van der Waals surface area contributed by atoms with Crippen molar-refractivity contribution in [3.8, 4) is 34.5 Å². The van der Waals surface area contributed by atoms with Gasteiger partial charge in [-0.1, -0.05) is 68.1 Å². The molecule has 0 aliphatic carbocycles. The van der Waals surface area contributed by atoms with Gasteiger partial charge in [-0.25, -0.2) is 0 Å². The summed E-state index contributed by atoms with van der Waals surface area (Å²) in [5.41, 5.74) is 8.49. The second-order valence-electron chi connectivity index (χ2n) is 17.6. The Morgan fingerprint density at radius 2 is 1.04 bits per heavy atom. The highest BCUT2D eigenvalue weighted by Crippen LogP contribution is 2.44. The van der Waals surface area contributed by atoms with Crippen molar-refractivity contribution in [2.45, 2.75) is 57.8 Å². The maximum absolute atomic E-state index is 13.5. The number of nitrogens with one attached hydrogen (secondary N) is 1. The van der Waals surface area contributed by atoms with Crippen LogP contribution in [0.15, 0.2) is 146 Å². The van der Waals surface area contributed by atoms with Crippen LogP contribution < -0.4 is 39.5 Å². The first-order valence-corrected chi connectivity index (χ1v) is 24.0. The topological polar surface area (TPSA) is 180 Å². The number of aromatic nitrogens is 2. The van der Waals surface area contributed by atoms with Crippen LogP contribution in [0.1, 0.15) is 67.7 Å². The molecule has 4 aliphatic heterocycles. The van der Waals surface area contributed by atoms with Gasteiger partial charge < -0.3 is 44.6 Å². The Morgan fingerprint density at radius 3 is 1.51 bits per heavy atom. The van der Waals surface area contributed by atoms with E-state index < -0.39 is 30.6 Å². The van der Waals surface area contributed by atoms with E-state index in [9.17, 15) is 27.2 Å². The first kappa shape index (κ1) is 54.3. The molecule has 10 rings (SSSR count). The van der Waals surface area contributed by atoms with E-state index in [-0.39, 0.29) is 48.2 Å². The standard InChI is InChI=1S/C27H27F2N3O4.C14H19NO3.C13H10F2N2O2.CH4/c28-27(29)35-23-10-9-20(18-24(23)36-27)25(22-8-4-5-13-30-22)31-26(33)19-11-14-32(15-12-19)16-17-34-21-6-2-1-3-7-21;16-14(17)12-6-8-15(9-7-12)10-11-18-13-4-2-1-3-5-13;14-13(15)18-10-5-4-8(7-11(10)19-13)12(16)9-3-1-2-6-17-9;/h1-10,13,18-19,25H,11-12,14-17H2,(H,31,33);1-5,12H,6-11H2,(H,16,17);1-7,12H,16H2;1H4. The van der Waals surface area contributed by atoms with Gasteiger partial charge in [0.05, 0.1) is 29.4 Å². The molecule has 2 fully saturated rings. The van der Waals surface area contributed by atoms with Gasteiger partial charge in [-0.3, -0.25) is 29.4 Å². The first-order chi connectivity index (χ1) is 35.3. The Morgan fingerprint density at radius 1 is 0.608 bits per heavy atom. The van der Waals surface area contributed by atoms with E-state index in [0.29, 0.717) is 35.7 Å². The number of para-hydroxylation sites is 2. The number of pyridine rings is 2. The van der Waals surface area contributed by atoms with Crippen molar-refractivity contribution in [3.63, 3.8) is 0 Å². The number of carbonyl (C=O) groups excluding carboxylic acids is 1. The zero-order valence-corrected chi connectivity index (χ0v) is 39.7. The number of amides is 1. The van der Waals surface area contributed by atoms with E-state index in [1.807, 2.05) is 72.8 Å². The average Bonchev–Trinajstić information content (AvgIpc) is 3.91. The minimum Gasteiger partial charge on any atom is -0.492 e. The summed E-state index contributed by atoms with van der Waals surface area (Å²) in [4.78, 5) is 37.1. The molecule has 6 aromatic rings. The molecule has 0 bridgehead atoms. The third-order valence-electron chi connectivity index (χ3n) is 12.6. The first-order valence-electron chi connectivity index (χ1n) is 24.0. The lowest BCUT2D eigenvalue weighted by Gasteiger charge is -2.32. The Bertz CT molecular complexity index is 2700. The van der Waals surface area contributed by atoms with Crippen LogP contribution in [0.2, 0.25) is 0 Å². The highest BCUT2D eigenvalue weighted by atomic mass is 19.3. The quantitative estimate of drug-likeness (QED) is 0.0828. The van der Waals surface area contributed by atoms with Crippen molar-refractivity contribution in [3.05, 3.63) is 168 Å². The van der Waals surface area contributed by atoms with Crippen LogP contribution >= 0.6 is 0 Å². The lowest BCUT2D eigenvalue weighted by molar-refractivity contribution is -0.287. The fraction of sp³-hybridized carbons (Fsp3) is 0.345. The fourth-order valence-electron chi connectivity index (χ4n) is 8.61. The summed E-state index contributed by atoms with van der Waals surface area (Å²) in [6.07, 6.45) is -1.12. The summed E-state index contributed by atoms with van der Waals surface area (Å²) in [7, 11) is 0. The number of halogens is 4. The van der Waals surface area contributed by atoms with Crippen LogP contribution in [0.3, 0.4) is 0 Å². The van der Waals surface area contributed by atoms with E-state index in [1.165, 1.54) is 24.3 Å². The molecule has 2 atom stereocenters. The number of piperidine rings is 2. The number of carboxylic acids is 1. The molecule has 4 aliphatic rings. The number of aliphatic carboxylic acids is 1. The summed E-state index contributed by atoms with van der Waals surface area (Å²) in [6, 6.07) is 38.0. The number of ether oxygens (including phenoxy) is 6. The van der Waals surface area contributed by atoms with Crippen molar-refractivity contribution < 1.29 is 60.7 Å². The normalized spacial score (nSPS) is 17.4. The molecular weight excluding hydrogens is 965 g/mol. The zero-order chi connectivity index (χ0) is 51.2. The molecule has 4 aromatic carbocycles. The Kier molecular flexibility index (Phi) is 18.7. The number of benzene rings is 4. The van der Waals surface area contributed by atoms with Crippen molar-refractivity contribution in [2.75, 3.05) is 52.5 Å². The Hall–Kier alpha value is -7.48. The van der Waals surface area contributed by atoms with Gasteiger partial charge >= 0.3 is 18.6 Å². The molecule has 2 unspecified atom stereocenters. The molecule has 2 saturated heterocycles. The molecule has 0 saturated carbocycles. The number of rotatable bonds is 15. The van der Waals surface area contributed by atoms with Crippen molar-refractivity contribution >= 4 is 11.9 Å². The second kappa shape index (κ2) is 25.5. The number of carboxylic acid groups (broad SMARTS) is 1. The lowest BCUT2D eigenvalue weighted by Crippen LogP contribution is -2.42. The number of nitrogens with zero attached hydrogens (tertiary/aromatic N) is 4. The van der Waals surface area contributed by atoms with Gasteiger partial charge in [0, 0.05) is 31.4 Å². The number of likely N-dealkylation sites (tertiary alicyclic amines) is 2. The van der Waals surface area contributed by atoms with Crippen LogP contribution in [0.5, 0.6) is 34.5 Å². The highest BCUT2D eigenvalue weighted by Gasteiger charge is 2.45. The van der Waals surface area contributed by atoms with Crippen molar-refractivity contribution in [2.24, 2.45) is 17.6 Å². The highest BCUT2D eigenvalue weighted by molar-refractivity contribution is 5.79. The van der Waals surface area contributed by atoms with Gasteiger partial charge in [0.2, 0.25) is 5.91 Å². The average molecular weight is 1030 g/mol. The maximum atomic E-state index is 13.5. The Labute approximate surface area is 427 Å². The third kappa shape index (κ3) is 15.3. The van der Waals surface area contributed by atoms with Crippen molar-refractivity contribution in [1.82, 2.24) is 25.1 Å². The molecular formula is C55H60F4N6O9. The SMILES string of the molecule is C.NC(c1ccc2c(c1)OC(F)(F)O2)c1ccccn1.O=C(NC(c1ccc2c(c1)OC(F)(F)O2)c1ccccn1)C1CCN(CCOc2ccccc2)CC1.O=C(O)C1CCN(CCOc2ccccc2)CC1. The van der Waals surface area contributed by atoms with E-state index >= 15 is 0 Å². The number of fused-ring (bicyclic) bond motifs is 2. The summed E-state index contributed by atoms with van der Waals surface area (Å²) >= 11 is 0. The molecule has 2 aromatic heterocycles. The second-order valence-corrected chi connectivity index (χ2v) is 17.6. The van der Waals surface area contributed by atoms with Gasteiger partial charge in [0.15, 0.2) is 23.0 Å². The van der Waals surface area contributed by atoms with E-state index in [0.717, 1.165) is 76.5 Å². The fourth-order valence-corrected chi connectivity index (χ4v) is 8.61. The van der Waals surface area contributed by atoms with E-state index in [4.69, 9.17) is 20.3 Å². The summed E-state index contributed by atoms with van der Waals surface area (Å²) in [5, 5.41) is 12.0. The summed E-state index contributed by atoms with van der Waals surface area (Å²) in [6.45, 7) is 6.20. The predicted octanol–water partition coefficient (Wildman–Crippen LogP) is 9.35. The van der Waals surface area contributed by atoms with Crippen LogP contribution in [-0.2, 0) is 9.59 Å². The van der Waals surface area contributed by atoms with Gasteiger partial charge in [-0.15, -0.1) is 17.6 Å². The number of hydrogen-bond acceptors (Lipinski definition) is 13. The molecule has 0 radical (unpaired) electrons. The zero-order valence-electron chi connectivity index (χ0n) is 39.7. The minimum absolute atomic E-state index is 0. The predicted molar refractivity (Wildman–Crippen MR) is 266 cm³/mol. The lowest BCUT2D eigenvalue weighted by atomic mass is 9.94. The number of alkyl halides is 4. The monoisotopic (exact) mass is 1020 g/mol. The van der Waals surface area contributed by atoms with Crippen LogP contribution in [0.4, 0.5) is 17.6 Å². The van der Waals surface area contributed by atoms with E-state index in [1.54, 1.807) is 48.8 Å². The molecule has 74 heavy (non-hydrogen) atoms. The largest absolute Gasteiger partial charge is 0.586 e. The van der Waals surface area contributed by atoms with Gasteiger partial charge in [0.25, 0.3) is 0 Å². The molecule has 1 amide bonds. The number of carbonyl (C=O) groups is 2. The summed E-state index contributed by atoms with van der Waals surface area (Å²) in [5.74, 6) is 0.548. The number of nitrogens with two attached hydrogens (primary N) is 1. The molecule has 0 spiro atoms.